The van der Waals surface area contributed by atoms with Gasteiger partial charge in [0.05, 0.1) is 31.5 Å². The van der Waals surface area contributed by atoms with Gasteiger partial charge in [-0.2, -0.15) is 0 Å². The molecule has 7 heteroatoms. The third-order valence-electron chi connectivity index (χ3n) is 5.64. The molecule has 28 heavy (non-hydrogen) atoms. The molecular weight excluding hydrogens is 358 g/mol. The Kier molecular flexibility index (Phi) is 4.68. The van der Waals surface area contributed by atoms with Crippen LogP contribution in [-0.2, 0) is 4.79 Å². The second kappa shape index (κ2) is 7.16. The average molecular weight is 381 g/mol. The first-order valence-corrected chi connectivity index (χ1v) is 9.27. The van der Waals surface area contributed by atoms with Gasteiger partial charge in [0.15, 0.2) is 0 Å². The molecule has 0 radical (unpaired) electrons. The molecule has 3 atom stereocenters. The molecule has 1 fully saturated rings. The number of fused-ring (bicyclic) bond motifs is 3. The number of urea groups is 1. The summed E-state index contributed by atoms with van der Waals surface area (Å²) in [5.74, 6) is 0.513. The van der Waals surface area contributed by atoms with Gasteiger partial charge in [0.25, 0.3) is 0 Å². The fourth-order valence-corrected chi connectivity index (χ4v) is 4.46. The maximum absolute atomic E-state index is 13.1. The number of methoxy groups -OCH3 is 1. The van der Waals surface area contributed by atoms with Gasteiger partial charge in [-0.3, -0.25) is 9.69 Å². The highest BCUT2D eigenvalue weighted by Gasteiger charge is 2.54. The van der Waals surface area contributed by atoms with E-state index in [0.29, 0.717) is 18.0 Å². The van der Waals surface area contributed by atoms with E-state index in [4.69, 9.17) is 4.74 Å². The van der Waals surface area contributed by atoms with Crippen molar-refractivity contribution in [1.29, 1.82) is 0 Å². The quantitative estimate of drug-likeness (QED) is 0.856. The number of amides is 3. The normalized spacial score (nSPS) is 22.6. The number of nitrogens with zero attached hydrogens (tertiary/aromatic N) is 2. The van der Waals surface area contributed by atoms with Crippen LogP contribution in [0.5, 0.6) is 5.75 Å². The Balaban J connectivity index is 1.67. The van der Waals surface area contributed by atoms with Gasteiger partial charge in [-0.05, 0) is 23.8 Å². The number of benzene rings is 2. The minimum absolute atomic E-state index is 0.0282. The van der Waals surface area contributed by atoms with Gasteiger partial charge >= 0.3 is 6.03 Å². The molecule has 7 nitrogen and oxygen atoms in total. The van der Waals surface area contributed by atoms with Crippen LogP contribution in [0.2, 0.25) is 0 Å². The van der Waals surface area contributed by atoms with Gasteiger partial charge in [0, 0.05) is 25.1 Å². The first kappa shape index (κ1) is 18.3. The number of para-hydroxylation sites is 3. The highest BCUT2D eigenvalue weighted by Crippen LogP contribution is 2.48. The highest BCUT2D eigenvalue weighted by molar-refractivity contribution is 6.03. The summed E-state index contributed by atoms with van der Waals surface area (Å²) in [7, 11) is 1.56. The number of rotatable bonds is 3. The number of anilines is 2. The monoisotopic (exact) mass is 381 g/mol. The van der Waals surface area contributed by atoms with Crippen LogP contribution in [0.4, 0.5) is 16.2 Å². The molecule has 0 spiro atoms. The number of carbonyl (C=O) groups is 2. The van der Waals surface area contributed by atoms with Crippen molar-refractivity contribution in [2.24, 2.45) is 0 Å². The summed E-state index contributed by atoms with van der Waals surface area (Å²) in [5, 5.41) is 12.7. The van der Waals surface area contributed by atoms with Gasteiger partial charge < -0.3 is 20.1 Å². The first-order valence-electron chi connectivity index (χ1n) is 9.27. The van der Waals surface area contributed by atoms with Crippen LogP contribution in [0.25, 0.3) is 0 Å². The van der Waals surface area contributed by atoms with Crippen molar-refractivity contribution in [1.82, 2.24) is 4.90 Å². The van der Waals surface area contributed by atoms with Crippen LogP contribution in [0, 0.1) is 0 Å². The molecule has 2 N–H and O–H groups in total. The zero-order valence-corrected chi connectivity index (χ0v) is 15.8. The van der Waals surface area contributed by atoms with Crippen LogP contribution in [0.3, 0.4) is 0 Å². The van der Waals surface area contributed by atoms with Gasteiger partial charge in [-0.15, -0.1) is 0 Å². The number of aliphatic hydroxyl groups excluding tert-OH is 1. The van der Waals surface area contributed by atoms with Crippen LogP contribution in [0.1, 0.15) is 18.4 Å². The van der Waals surface area contributed by atoms with E-state index in [0.717, 1.165) is 11.3 Å². The van der Waals surface area contributed by atoms with Crippen molar-refractivity contribution < 1.29 is 19.4 Å². The molecule has 0 bridgehead atoms. The van der Waals surface area contributed by atoms with E-state index in [9.17, 15) is 14.7 Å². The molecule has 2 aliphatic rings. The van der Waals surface area contributed by atoms with E-state index in [1.54, 1.807) is 29.0 Å². The molecule has 2 heterocycles. The van der Waals surface area contributed by atoms with Crippen molar-refractivity contribution in [2.75, 3.05) is 30.5 Å². The number of nitrogens with one attached hydrogen (secondary N) is 1. The van der Waals surface area contributed by atoms with Crippen molar-refractivity contribution in [3.05, 3.63) is 54.1 Å². The topological polar surface area (TPSA) is 82.1 Å². The molecule has 0 saturated carbocycles. The Bertz CT molecular complexity index is 916. The molecule has 0 unspecified atom stereocenters. The summed E-state index contributed by atoms with van der Waals surface area (Å²) in [5.41, 5.74) is 2.36. The Morgan fingerprint density at radius 1 is 1.18 bits per heavy atom. The maximum atomic E-state index is 13.1. The third-order valence-corrected chi connectivity index (χ3v) is 5.64. The van der Waals surface area contributed by atoms with E-state index in [2.05, 4.69) is 5.32 Å². The van der Waals surface area contributed by atoms with E-state index in [1.807, 2.05) is 36.4 Å². The lowest BCUT2D eigenvalue weighted by Gasteiger charge is -2.58. The van der Waals surface area contributed by atoms with Crippen molar-refractivity contribution in [3.63, 3.8) is 0 Å². The van der Waals surface area contributed by atoms with Crippen LogP contribution >= 0.6 is 0 Å². The van der Waals surface area contributed by atoms with Gasteiger partial charge in [0.2, 0.25) is 5.91 Å². The average Bonchev–Trinajstić information content (AvgIpc) is 2.68. The number of ether oxygens (including phenoxy) is 1. The molecule has 4 rings (SSSR count). The maximum Gasteiger partial charge on any atom is 0.326 e. The molecule has 146 valence electrons. The number of hydrogen-bond donors (Lipinski definition) is 2. The van der Waals surface area contributed by atoms with Crippen LogP contribution in [-0.4, -0.2) is 54.3 Å². The summed E-state index contributed by atoms with van der Waals surface area (Å²) >= 11 is 0. The fourth-order valence-electron chi connectivity index (χ4n) is 4.46. The Hall–Kier alpha value is -3.06. The molecule has 3 amide bonds. The number of carbonyl (C=O) groups excluding carboxylic acids is 2. The van der Waals surface area contributed by atoms with Gasteiger partial charge in [-0.1, -0.05) is 30.3 Å². The minimum Gasteiger partial charge on any atom is -0.495 e. The highest BCUT2D eigenvalue weighted by atomic mass is 16.5. The van der Waals surface area contributed by atoms with Crippen LogP contribution < -0.4 is 15.0 Å². The number of hydrogen-bond acceptors (Lipinski definition) is 4. The second-order valence-electron chi connectivity index (χ2n) is 7.07. The van der Waals surface area contributed by atoms with Gasteiger partial charge in [0.1, 0.15) is 5.75 Å². The van der Waals surface area contributed by atoms with Crippen molar-refractivity contribution >= 4 is 23.3 Å². The number of aliphatic hydroxyl groups is 1. The summed E-state index contributed by atoms with van der Waals surface area (Å²) < 4.78 is 5.32. The standard InChI is InChI=1S/C21H23N3O4/c1-13(26)24-17-11-23(21(27)22-15-8-4-6-10-19(15)28-2)16-9-5-3-7-14(16)20(17)18(24)12-25/h3-10,17-18,20,25H,11-12H2,1-2H3,(H,22,27)/t17-,18+,20+/m0/s1. The molecule has 2 aromatic carbocycles. The molecule has 2 aliphatic heterocycles. The lowest BCUT2D eigenvalue weighted by molar-refractivity contribution is -0.147. The SMILES string of the molecule is COc1ccccc1NC(=O)N1C[C@H]2[C@@H](c3ccccc31)[C@@H](CO)N2C(C)=O. The predicted molar refractivity (Wildman–Crippen MR) is 106 cm³/mol. The van der Waals surface area contributed by atoms with E-state index in [-0.39, 0.29) is 36.5 Å². The first-order chi connectivity index (χ1) is 13.6. The molecule has 2 aromatic rings. The summed E-state index contributed by atoms with van der Waals surface area (Å²) in [4.78, 5) is 28.5. The fraction of sp³-hybridized carbons (Fsp3) is 0.333. The molecule has 0 aliphatic carbocycles. The lowest BCUT2D eigenvalue weighted by Crippen LogP contribution is -2.70. The summed E-state index contributed by atoms with van der Waals surface area (Å²) in [6.45, 7) is 1.78. The minimum atomic E-state index is -0.286. The Morgan fingerprint density at radius 3 is 2.61 bits per heavy atom. The molecule has 0 aromatic heterocycles. The third kappa shape index (κ3) is 2.79. The second-order valence-corrected chi connectivity index (χ2v) is 7.07. The van der Waals surface area contributed by atoms with E-state index < -0.39 is 0 Å². The van der Waals surface area contributed by atoms with Crippen molar-refractivity contribution in [2.45, 2.75) is 24.9 Å². The lowest BCUT2D eigenvalue weighted by atomic mass is 9.72. The van der Waals surface area contributed by atoms with Crippen molar-refractivity contribution in [3.8, 4) is 5.75 Å². The molecule has 1 saturated heterocycles. The Morgan fingerprint density at radius 2 is 1.89 bits per heavy atom. The number of likely N-dealkylation sites (tertiary alicyclic amines) is 1. The van der Waals surface area contributed by atoms with E-state index in [1.165, 1.54) is 6.92 Å². The summed E-state index contributed by atoms with van der Waals surface area (Å²) in [6.07, 6.45) is 0. The zero-order chi connectivity index (χ0) is 19.8. The van der Waals surface area contributed by atoms with Crippen LogP contribution in [0.15, 0.2) is 48.5 Å². The molecular formula is C21H23N3O4. The predicted octanol–water partition coefficient (Wildman–Crippen LogP) is 2.42. The Labute approximate surface area is 163 Å². The van der Waals surface area contributed by atoms with Gasteiger partial charge in [-0.25, -0.2) is 4.79 Å². The largest absolute Gasteiger partial charge is 0.495 e. The smallest absolute Gasteiger partial charge is 0.326 e. The zero-order valence-electron chi connectivity index (χ0n) is 15.8. The summed E-state index contributed by atoms with van der Waals surface area (Å²) in [6, 6.07) is 14.2. The van der Waals surface area contributed by atoms with E-state index >= 15 is 0 Å².